The molecule has 0 aromatic heterocycles. The van der Waals surface area contributed by atoms with Gasteiger partial charge in [-0.3, -0.25) is 0 Å². The molecule has 0 aliphatic heterocycles. The van der Waals surface area contributed by atoms with Gasteiger partial charge in [0, 0.05) is 11.7 Å². The molecule has 0 saturated heterocycles. The quantitative estimate of drug-likeness (QED) is 0.705. The number of nitrogens with one attached hydrogen (secondary N) is 1. The maximum atomic E-state index is 13.6. The highest BCUT2D eigenvalue weighted by atomic mass is 79.9. The second-order valence-corrected chi connectivity index (χ2v) is 6.56. The molecule has 0 amide bonds. The van der Waals surface area contributed by atoms with Crippen molar-refractivity contribution < 1.29 is 4.39 Å². The van der Waals surface area contributed by atoms with Gasteiger partial charge in [-0.05, 0) is 65.7 Å². The van der Waals surface area contributed by atoms with Crippen LogP contribution in [0.4, 0.5) is 10.1 Å². The molecule has 0 bridgehead atoms. The zero-order valence-electron chi connectivity index (χ0n) is 11.8. The van der Waals surface area contributed by atoms with Gasteiger partial charge >= 0.3 is 0 Å². The molecule has 0 spiro atoms. The molecule has 1 aliphatic carbocycles. The Labute approximate surface area is 124 Å². The van der Waals surface area contributed by atoms with E-state index in [0.717, 1.165) is 17.2 Å². The van der Waals surface area contributed by atoms with Gasteiger partial charge in [0.15, 0.2) is 0 Å². The minimum atomic E-state index is -0.187. The van der Waals surface area contributed by atoms with Crippen LogP contribution in [0.15, 0.2) is 16.6 Å². The minimum absolute atomic E-state index is 0.187. The number of hydrogen-bond acceptors (Lipinski definition) is 1. The van der Waals surface area contributed by atoms with Gasteiger partial charge in [0.05, 0.1) is 4.47 Å². The summed E-state index contributed by atoms with van der Waals surface area (Å²) in [5.41, 5.74) is 2.05. The van der Waals surface area contributed by atoms with Crippen molar-refractivity contribution in [1.29, 1.82) is 0 Å². The van der Waals surface area contributed by atoms with E-state index in [0.29, 0.717) is 10.5 Å². The number of anilines is 1. The van der Waals surface area contributed by atoms with E-state index in [1.807, 2.05) is 13.0 Å². The lowest BCUT2D eigenvalue weighted by atomic mass is 9.98. The van der Waals surface area contributed by atoms with Gasteiger partial charge in [-0.1, -0.05) is 26.2 Å². The van der Waals surface area contributed by atoms with Crippen molar-refractivity contribution in [2.75, 3.05) is 5.32 Å². The van der Waals surface area contributed by atoms with E-state index in [1.165, 1.54) is 38.5 Å². The van der Waals surface area contributed by atoms with E-state index in [9.17, 15) is 4.39 Å². The van der Waals surface area contributed by atoms with Crippen molar-refractivity contribution in [1.82, 2.24) is 0 Å². The molecular weight excluding hydrogens is 305 g/mol. The number of hydrogen-bond donors (Lipinski definition) is 1. The molecule has 1 fully saturated rings. The second-order valence-electron chi connectivity index (χ2n) is 5.71. The molecule has 2 atom stereocenters. The molecule has 1 nitrogen and oxygen atoms in total. The zero-order valence-corrected chi connectivity index (χ0v) is 13.4. The van der Waals surface area contributed by atoms with Crippen LogP contribution in [0.25, 0.3) is 0 Å². The molecule has 0 heterocycles. The molecule has 2 rings (SSSR count). The Morgan fingerprint density at radius 2 is 2.05 bits per heavy atom. The molecule has 2 unspecified atom stereocenters. The highest BCUT2D eigenvalue weighted by Crippen LogP contribution is 2.29. The highest BCUT2D eigenvalue weighted by molar-refractivity contribution is 9.10. The third kappa shape index (κ3) is 3.95. The molecule has 19 heavy (non-hydrogen) atoms. The van der Waals surface area contributed by atoms with Gasteiger partial charge in [0.25, 0.3) is 0 Å². The van der Waals surface area contributed by atoms with Crippen LogP contribution in [0.5, 0.6) is 0 Å². The predicted octanol–water partition coefficient (Wildman–Crippen LogP) is 5.67. The standard InChI is InChI=1S/C16H23BrFN/c1-3-12-5-4-6-13(8-7-12)19-16-10-15(18)14(17)9-11(16)2/h9-10,12-13,19H,3-8H2,1-2H3. The minimum Gasteiger partial charge on any atom is -0.382 e. The van der Waals surface area contributed by atoms with Crippen LogP contribution >= 0.6 is 15.9 Å². The third-order valence-electron chi connectivity index (χ3n) is 4.29. The monoisotopic (exact) mass is 327 g/mol. The number of benzene rings is 1. The van der Waals surface area contributed by atoms with Crippen LogP contribution in [0.2, 0.25) is 0 Å². The summed E-state index contributed by atoms with van der Waals surface area (Å²) in [6.45, 7) is 4.31. The third-order valence-corrected chi connectivity index (χ3v) is 4.90. The lowest BCUT2D eigenvalue weighted by molar-refractivity contribution is 0.444. The molecule has 0 radical (unpaired) electrons. The van der Waals surface area contributed by atoms with Crippen LogP contribution < -0.4 is 5.32 Å². The van der Waals surface area contributed by atoms with E-state index in [1.54, 1.807) is 6.07 Å². The molecule has 1 aromatic carbocycles. The maximum absolute atomic E-state index is 13.6. The smallest absolute Gasteiger partial charge is 0.139 e. The second kappa shape index (κ2) is 6.74. The van der Waals surface area contributed by atoms with Crippen molar-refractivity contribution in [3.63, 3.8) is 0 Å². The van der Waals surface area contributed by atoms with Gasteiger partial charge in [-0.15, -0.1) is 0 Å². The van der Waals surface area contributed by atoms with E-state index < -0.39 is 0 Å². The topological polar surface area (TPSA) is 12.0 Å². The zero-order chi connectivity index (χ0) is 13.8. The molecule has 106 valence electrons. The van der Waals surface area contributed by atoms with Crippen molar-refractivity contribution in [3.05, 3.63) is 28.0 Å². The summed E-state index contributed by atoms with van der Waals surface area (Å²) < 4.78 is 14.2. The summed E-state index contributed by atoms with van der Waals surface area (Å²) in [6.07, 6.45) is 7.63. The van der Waals surface area contributed by atoms with Gasteiger partial charge in [-0.2, -0.15) is 0 Å². The van der Waals surface area contributed by atoms with Gasteiger partial charge in [0.2, 0.25) is 0 Å². The van der Waals surface area contributed by atoms with Crippen molar-refractivity contribution in [2.45, 2.75) is 58.4 Å². The summed E-state index contributed by atoms with van der Waals surface area (Å²) in [7, 11) is 0. The first-order chi connectivity index (χ1) is 9.10. The average Bonchev–Trinajstić information content (AvgIpc) is 2.61. The first-order valence-corrected chi connectivity index (χ1v) is 8.11. The Balaban J connectivity index is 2.03. The molecule has 1 aromatic rings. The molecule has 3 heteroatoms. The van der Waals surface area contributed by atoms with Crippen molar-refractivity contribution >= 4 is 21.6 Å². The molecule has 1 N–H and O–H groups in total. The highest BCUT2D eigenvalue weighted by Gasteiger charge is 2.18. The predicted molar refractivity (Wildman–Crippen MR) is 83.1 cm³/mol. The number of halogens is 2. The first-order valence-electron chi connectivity index (χ1n) is 7.32. The first kappa shape index (κ1) is 14.8. The van der Waals surface area contributed by atoms with Crippen LogP contribution in [-0.2, 0) is 0 Å². The average molecular weight is 328 g/mol. The SMILES string of the molecule is CCC1CCCC(Nc2cc(F)c(Br)cc2C)CC1. The fourth-order valence-corrected chi connectivity index (χ4v) is 3.41. The Morgan fingerprint density at radius 3 is 2.79 bits per heavy atom. The largest absolute Gasteiger partial charge is 0.382 e. The van der Waals surface area contributed by atoms with E-state index in [2.05, 4.69) is 28.2 Å². The van der Waals surface area contributed by atoms with Gasteiger partial charge in [-0.25, -0.2) is 4.39 Å². The Bertz CT molecular complexity index is 433. The van der Waals surface area contributed by atoms with Crippen LogP contribution in [-0.4, -0.2) is 6.04 Å². The molecule has 1 saturated carbocycles. The normalized spacial score (nSPS) is 24.0. The van der Waals surface area contributed by atoms with Crippen LogP contribution in [0.1, 0.15) is 51.0 Å². The summed E-state index contributed by atoms with van der Waals surface area (Å²) >= 11 is 3.23. The number of rotatable bonds is 3. The van der Waals surface area contributed by atoms with Crippen LogP contribution in [0.3, 0.4) is 0 Å². The molecular formula is C16H23BrFN. The van der Waals surface area contributed by atoms with Crippen molar-refractivity contribution in [2.24, 2.45) is 5.92 Å². The fourth-order valence-electron chi connectivity index (χ4n) is 2.95. The summed E-state index contributed by atoms with van der Waals surface area (Å²) in [5.74, 6) is 0.697. The fraction of sp³-hybridized carbons (Fsp3) is 0.625. The summed E-state index contributed by atoms with van der Waals surface area (Å²) in [4.78, 5) is 0. The summed E-state index contributed by atoms with van der Waals surface area (Å²) in [5, 5.41) is 3.54. The summed E-state index contributed by atoms with van der Waals surface area (Å²) in [6, 6.07) is 3.96. The van der Waals surface area contributed by atoms with Gasteiger partial charge < -0.3 is 5.32 Å². The number of aryl methyl sites for hydroxylation is 1. The van der Waals surface area contributed by atoms with E-state index in [4.69, 9.17) is 0 Å². The van der Waals surface area contributed by atoms with E-state index >= 15 is 0 Å². The van der Waals surface area contributed by atoms with Crippen molar-refractivity contribution in [3.8, 4) is 0 Å². The van der Waals surface area contributed by atoms with Crippen LogP contribution in [0, 0.1) is 18.7 Å². The Hall–Kier alpha value is -0.570. The maximum Gasteiger partial charge on any atom is 0.139 e. The van der Waals surface area contributed by atoms with E-state index in [-0.39, 0.29) is 5.82 Å². The Kier molecular flexibility index (Phi) is 5.26. The Morgan fingerprint density at radius 1 is 1.26 bits per heavy atom. The lowest BCUT2D eigenvalue weighted by Gasteiger charge is -2.20. The lowest BCUT2D eigenvalue weighted by Crippen LogP contribution is -2.19. The molecule has 1 aliphatic rings. The van der Waals surface area contributed by atoms with Gasteiger partial charge in [0.1, 0.15) is 5.82 Å².